The summed E-state index contributed by atoms with van der Waals surface area (Å²) in [5.74, 6) is -0.162. The lowest BCUT2D eigenvalue weighted by molar-refractivity contribution is -0.133. The van der Waals surface area contributed by atoms with Crippen molar-refractivity contribution in [2.45, 2.75) is 25.7 Å². The minimum atomic E-state index is -0.656. The number of rotatable bonds is 2. The van der Waals surface area contributed by atoms with Gasteiger partial charge in [-0.3, -0.25) is 4.79 Å². The van der Waals surface area contributed by atoms with E-state index in [2.05, 4.69) is 13.0 Å². The molecule has 3 heteroatoms. The highest BCUT2D eigenvalue weighted by atomic mass is 16.2. The van der Waals surface area contributed by atoms with Crippen molar-refractivity contribution in [2.24, 2.45) is 5.92 Å². The summed E-state index contributed by atoms with van der Waals surface area (Å²) in [6, 6.07) is 11.5. The molecule has 1 aliphatic heterocycles. The molecule has 18 heavy (non-hydrogen) atoms. The molecule has 1 fully saturated rings. The molecule has 0 N–H and O–H groups in total. The topological polar surface area (TPSA) is 44.1 Å². The van der Waals surface area contributed by atoms with Crippen LogP contribution in [-0.2, 0) is 4.79 Å². The third-order valence-corrected chi connectivity index (χ3v) is 3.48. The average Bonchev–Trinajstić information content (AvgIpc) is 2.41. The van der Waals surface area contributed by atoms with Gasteiger partial charge in [0, 0.05) is 13.1 Å². The standard InChI is InChI=1S/C15H18N2O/c1-12-6-5-9-17(11-12)15(18)14(10-16)13-7-3-2-4-8-13/h2-4,7-8,12,14H,5-6,9,11H2,1H3. The lowest BCUT2D eigenvalue weighted by Crippen LogP contribution is -2.41. The van der Waals surface area contributed by atoms with Gasteiger partial charge in [-0.15, -0.1) is 0 Å². The van der Waals surface area contributed by atoms with Gasteiger partial charge in [-0.2, -0.15) is 5.26 Å². The number of hydrogen-bond donors (Lipinski definition) is 0. The lowest BCUT2D eigenvalue weighted by Gasteiger charge is -2.32. The summed E-state index contributed by atoms with van der Waals surface area (Å²) in [5, 5.41) is 9.25. The van der Waals surface area contributed by atoms with Crippen LogP contribution in [-0.4, -0.2) is 23.9 Å². The van der Waals surface area contributed by atoms with E-state index in [1.165, 1.54) is 6.42 Å². The van der Waals surface area contributed by atoms with Gasteiger partial charge in [0.15, 0.2) is 0 Å². The normalized spacial score (nSPS) is 21.1. The van der Waals surface area contributed by atoms with Crippen LogP contribution in [0.15, 0.2) is 30.3 Å². The average molecular weight is 242 g/mol. The van der Waals surface area contributed by atoms with Crippen molar-refractivity contribution in [3.8, 4) is 6.07 Å². The SMILES string of the molecule is CC1CCCN(C(=O)C(C#N)c2ccccc2)C1. The Morgan fingerprint density at radius 3 is 2.78 bits per heavy atom. The molecule has 2 atom stereocenters. The van der Waals surface area contributed by atoms with Crippen molar-refractivity contribution >= 4 is 5.91 Å². The first-order chi connectivity index (χ1) is 8.72. The van der Waals surface area contributed by atoms with E-state index in [4.69, 9.17) is 0 Å². The number of amides is 1. The number of nitrogens with zero attached hydrogens (tertiary/aromatic N) is 2. The molecule has 1 aromatic rings. The maximum absolute atomic E-state index is 12.4. The molecular weight excluding hydrogens is 224 g/mol. The molecular formula is C15H18N2O. The van der Waals surface area contributed by atoms with E-state index < -0.39 is 5.92 Å². The van der Waals surface area contributed by atoms with Crippen molar-refractivity contribution in [1.82, 2.24) is 4.90 Å². The third kappa shape index (κ3) is 2.70. The first-order valence-corrected chi connectivity index (χ1v) is 6.45. The predicted octanol–water partition coefficient (Wildman–Crippen LogP) is 2.55. The highest BCUT2D eigenvalue weighted by molar-refractivity contribution is 5.86. The number of hydrogen-bond acceptors (Lipinski definition) is 2. The maximum Gasteiger partial charge on any atom is 0.244 e. The molecule has 1 saturated heterocycles. The van der Waals surface area contributed by atoms with Crippen LogP contribution in [0.5, 0.6) is 0 Å². The molecule has 2 rings (SSSR count). The van der Waals surface area contributed by atoms with Crippen molar-refractivity contribution in [2.75, 3.05) is 13.1 Å². The van der Waals surface area contributed by atoms with Crippen LogP contribution in [0.4, 0.5) is 0 Å². The van der Waals surface area contributed by atoms with Crippen LogP contribution < -0.4 is 0 Å². The Balaban J connectivity index is 2.14. The van der Waals surface area contributed by atoms with Gasteiger partial charge in [0.1, 0.15) is 5.92 Å². The molecule has 0 radical (unpaired) electrons. The zero-order valence-corrected chi connectivity index (χ0v) is 10.7. The second-order valence-corrected chi connectivity index (χ2v) is 5.00. The highest BCUT2D eigenvalue weighted by Gasteiger charge is 2.28. The van der Waals surface area contributed by atoms with E-state index in [-0.39, 0.29) is 5.91 Å². The Kier molecular flexibility index (Phi) is 3.99. The predicted molar refractivity (Wildman–Crippen MR) is 69.8 cm³/mol. The van der Waals surface area contributed by atoms with Crippen LogP contribution in [0.1, 0.15) is 31.2 Å². The van der Waals surface area contributed by atoms with Gasteiger partial charge in [-0.1, -0.05) is 37.3 Å². The van der Waals surface area contributed by atoms with Crippen LogP contribution >= 0.6 is 0 Å². The Hall–Kier alpha value is -1.82. The largest absolute Gasteiger partial charge is 0.341 e. The van der Waals surface area contributed by atoms with E-state index in [9.17, 15) is 10.1 Å². The third-order valence-electron chi connectivity index (χ3n) is 3.48. The van der Waals surface area contributed by atoms with Crippen molar-refractivity contribution in [3.05, 3.63) is 35.9 Å². The van der Waals surface area contributed by atoms with E-state index >= 15 is 0 Å². The number of piperidine rings is 1. The summed E-state index contributed by atoms with van der Waals surface area (Å²) >= 11 is 0. The molecule has 1 aromatic carbocycles. The monoisotopic (exact) mass is 242 g/mol. The number of benzene rings is 1. The summed E-state index contributed by atoms with van der Waals surface area (Å²) in [6.07, 6.45) is 2.21. The second-order valence-electron chi connectivity index (χ2n) is 5.00. The summed E-state index contributed by atoms with van der Waals surface area (Å²) in [6.45, 7) is 3.72. The molecule has 0 saturated carbocycles. The Morgan fingerprint density at radius 1 is 1.44 bits per heavy atom. The maximum atomic E-state index is 12.4. The fourth-order valence-electron chi connectivity index (χ4n) is 2.49. The lowest BCUT2D eigenvalue weighted by atomic mass is 9.95. The molecule has 2 unspecified atom stereocenters. The van der Waals surface area contributed by atoms with Gasteiger partial charge in [0.25, 0.3) is 0 Å². The fourth-order valence-corrected chi connectivity index (χ4v) is 2.49. The number of nitriles is 1. The molecule has 94 valence electrons. The van der Waals surface area contributed by atoms with Gasteiger partial charge in [-0.05, 0) is 24.3 Å². The fraction of sp³-hybridized carbons (Fsp3) is 0.467. The van der Waals surface area contributed by atoms with Crippen LogP contribution in [0, 0.1) is 17.2 Å². The summed E-state index contributed by atoms with van der Waals surface area (Å²) in [5.41, 5.74) is 0.795. The Morgan fingerprint density at radius 2 is 2.17 bits per heavy atom. The van der Waals surface area contributed by atoms with Crippen LogP contribution in [0.2, 0.25) is 0 Å². The quantitative estimate of drug-likeness (QED) is 0.800. The molecule has 0 bridgehead atoms. The first-order valence-electron chi connectivity index (χ1n) is 6.45. The van der Waals surface area contributed by atoms with Crippen LogP contribution in [0.3, 0.4) is 0 Å². The minimum absolute atomic E-state index is 0.0461. The van der Waals surface area contributed by atoms with Crippen molar-refractivity contribution < 1.29 is 4.79 Å². The number of carbonyl (C=O) groups excluding carboxylic acids is 1. The molecule has 1 amide bonds. The Bertz CT molecular complexity index is 449. The zero-order chi connectivity index (χ0) is 13.0. The number of likely N-dealkylation sites (tertiary alicyclic amines) is 1. The summed E-state index contributed by atoms with van der Waals surface area (Å²) in [7, 11) is 0. The molecule has 1 heterocycles. The second kappa shape index (κ2) is 5.68. The van der Waals surface area contributed by atoms with Crippen molar-refractivity contribution in [3.63, 3.8) is 0 Å². The number of carbonyl (C=O) groups is 1. The van der Waals surface area contributed by atoms with Gasteiger partial charge >= 0.3 is 0 Å². The van der Waals surface area contributed by atoms with Gasteiger partial charge in [0.2, 0.25) is 5.91 Å². The van der Waals surface area contributed by atoms with E-state index in [1.807, 2.05) is 35.2 Å². The molecule has 0 aliphatic carbocycles. The minimum Gasteiger partial charge on any atom is -0.341 e. The molecule has 0 spiro atoms. The highest BCUT2D eigenvalue weighted by Crippen LogP contribution is 2.22. The van der Waals surface area contributed by atoms with Gasteiger partial charge in [-0.25, -0.2) is 0 Å². The Labute approximate surface area is 108 Å². The summed E-state index contributed by atoms with van der Waals surface area (Å²) in [4.78, 5) is 14.2. The molecule has 3 nitrogen and oxygen atoms in total. The smallest absolute Gasteiger partial charge is 0.244 e. The van der Waals surface area contributed by atoms with E-state index in [1.54, 1.807) is 0 Å². The molecule has 1 aliphatic rings. The van der Waals surface area contributed by atoms with E-state index in [0.29, 0.717) is 5.92 Å². The first kappa shape index (κ1) is 12.6. The van der Waals surface area contributed by atoms with Crippen molar-refractivity contribution in [1.29, 1.82) is 5.26 Å². The van der Waals surface area contributed by atoms with E-state index in [0.717, 1.165) is 25.1 Å². The van der Waals surface area contributed by atoms with Gasteiger partial charge < -0.3 is 4.90 Å². The molecule has 0 aromatic heterocycles. The van der Waals surface area contributed by atoms with Gasteiger partial charge in [0.05, 0.1) is 6.07 Å². The van der Waals surface area contributed by atoms with Crippen LogP contribution in [0.25, 0.3) is 0 Å². The zero-order valence-electron chi connectivity index (χ0n) is 10.7. The summed E-state index contributed by atoms with van der Waals surface area (Å²) < 4.78 is 0.